The maximum Gasteiger partial charge on any atom is 0.337 e. The summed E-state index contributed by atoms with van der Waals surface area (Å²) in [6, 6.07) is 3.63. The maximum atomic E-state index is 11.5. The topological polar surface area (TPSA) is 55.0 Å². The van der Waals surface area contributed by atoms with E-state index in [-0.39, 0.29) is 5.97 Å². The minimum Gasteiger partial charge on any atom is -0.465 e. The van der Waals surface area contributed by atoms with Crippen molar-refractivity contribution in [2.45, 2.75) is 20.3 Å². The van der Waals surface area contributed by atoms with Crippen LogP contribution in [0.5, 0.6) is 0 Å². The standard InChI is InChI=1S/C12H14N2O2/c1-4-10-9-6-8(12(15)16-3)5-7(2)11(9)14-13-10/h5-6H,4H2,1-3H3,(H,13,14). The van der Waals surface area contributed by atoms with E-state index in [9.17, 15) is 4.79 Å². The Balaban J connectivity index is 2.68. The molecule has 0 saturated carbocycles. The Morgan fingerprint density at radius 1 is 1.50 bits per heavy atom. The lowest BCUT2D eigenvalue weighted by molar-refractivity contribution is 0.0601. The predicted octanol–water partition coefficient (Wildman–Crippen LogP) is 2.22. The Kier molecular flexibility index (Phi) is 2.64. The number of aromatic amines is 1. The highest BCUT2D eigenvalue weighted by atomic mass is 16.5. The van der Waals surface area contributed by atoms with Gasteiger partial charge >= 0.3 is 5.97 Å². The molecule has 0 fully saturated rings. The first kappa shape index (κ1) is 10.7. The molecule has 0 unspecified atom stereocenters. The molecule has 0 amide bonds. The van der Waals surface area contributed by atoms with Crippen LogP contribution in [0, 0.1) is 6.92 Å². The van der Waals surface area contributed by atoms with Crippen molar-refractivity contribution < 1.29 is 9.53 Å². The lowest BCUT2D eigenvalue weighted by atomic mass is 10.1. The van der Waals surface area contributed by atoms with Gasteiger partial charge in [-0.3, -0.25) is 5.10 Å². The minimum absolute atomic E-state index is 0.312. The molecule has 4 heteroatoms. The molecule has 1 aromatic heterocycles. The lowest BCUT2D eigenvalue weighted by Crippen LogP contribution is -2.01. The highest BCUT2D eigenvalue weighted by Crippen LogP contribution is 2.22. The Morgan fingerprint density at radius 2 is 2.25 bits per heavy atom. The van der Waals surface area contributed by atoms with E-state index in [1.54, 1.807) is 6.07 Å². The summed E-state index contributed by atoms with van der Waals surface area (Å²) in [6.45, 7) is 3.99. The smallest absolute Gasteiger partial charge is 0.337 e. The van der Waals surface area contributed by atoms with E-state index in [4.69, 9.17) is 4.74 Å². The third kappa shape index (κ3) is 1.56. The Hall–Kier alpha value is -1.84. The van der Waals surface area contributed by atoms with Gasteiger partial charge in [-0.05, 0) is 31.0 Å². The number of carbonyl (C=O) groups is 1. The third-order valence-corrected chi connectivity index (χ3v) is 2.70. The molecule has 4 nitrogen and oxygen atoms in total. The van der Waals surface area contributed by atoms with Crippen molar-refractivity contribution in [3.63, 3.8) is 0 Å². The number of aryl methyl sites for hydroxylation is 2. The largest absolute Gasteiger partial charge is 0.465 e. The van der Waals surface area contributed by atoms with Crippen molar-refractivity contribution in [3.05, 3.63) is 29.0 Å². The highest BCUT2D eigenvalue weighted by molar-refractivity contribution is 5.96. The second-order valence-electron chi connectivity index (χ2n) is 3.74. The zero-order chi connectivity index (χ0) is 11.7. The van der Waals surface area contributed by atoms with Crippen LogP contribution >= 0.6 is 0 Å². The molecule has 0 bridgehead atoms. The number of hydrogen-bond acceptors (Lipinski definition) is 3. The van der Waals surface area contributed by atoms with Crippen LogP contribution < -0.4 is 0 Å². The molecule has 1 heterocycles. The first-order valence-corrected chi connectivity index (χ1v) is 5.23. The van der Waals surface area contributed by atoms with Gasteiger partial charge in [0.05, 0.1) is 18.2 Å². The number of ether oxygens (including phenoxy) is 1. The summed E-state index contributed by atoms with van der Waals surface area (Å²) in [5.41, 5.74) is 3.52. The van der Waals surface area contributed by atoms with E-state index < -0.39 is 0 Å². The molecular formula is C12H14N2O2. The number of methoxy groups -OCH3 is 1. The van der Waals surface area contributed by atoms with Gasteiger partial charge in [-0.15, -0.1) is 0 Å². The summed E-state index contributed by atoms with van der Waals surface area (Å²) in [5.74, 6) is -0.312. The summed E-state index contributed by atoms with van der Waals surface area (Å²) >= 11 is 0. The van der Waals surface area contributed by atoms with Crippen molar-refractivity contribution in [2.24, 2.45) is 0 Å². The van der Waals surface area contributed by atoms with Crippen LogP contribution in [-0.4, -0.2) is 23.3 Å². The first-order valence-electron chi connectivity index (χ1n) is 5.23. The zero-order valence-corrected chi connectivity index (χ0v) is 9.63. The van der Waals surface area contributed by atoms with Gasteiger partial charge in [-0.2, -0.15) is 5.10 Å². The monoisotopic (exact) mass is 218 g/mol. The SMILES string of the molecule is CCc1[nH]nc2c(C)cc(C(=O)OC)cc12. The second kappa shape index (κ2) is 3.96. The van der Waals surface area contributed by atoms with Crippen LogP contribution in [0.15, 0.2) is 12.1 Å². The summed E-state index contributed by atoms with van der Waals surface area (Å²) in [7, 11) is 1.39. The highest BCUT2D eigenvalue weighted by Gasteiger charge is 2.12. The number of benzene rings is 1. The molecule has 0 aliphatic rings. The molecule has 1 N–H and O–H groups in total. The van der Waals surface area contributed by atoms with Gasteiger partial charge in [0, 0.05) is 11.1 Å². The van der Waals surface area contributed by atoms with E-state index >= 15 is 0 Å². The predicted molar refractivity (Wildman–Crippen MR) is 61.5 cm³/mol. The second-order valence-corrected chi connectivity index (χ2v) is 3.74. The number of esters is 1. The quantitative estimate of drug-likeness (QED) is 0.786. The van der Waals surface area contributed by atoms with E-state index in [2.05, 4.69) is 10.2 Å². The number of rotatable bonds is 2. The fourth-order valence-corrected chi connectivity index (χ4v) is 1.85. The molecule has 0 spiro atoms. The molecular weight excluding hydrogens is 204 g/mol. The number of carbonyl (C=O) groups excluding carboxylic acids is 1. The Bertz CT molecular complexity index is 543. The fraction of sp³-hybridized carbons (Fsp3) is 0.333. The lowest BCUT2D eigenvalue weighted by Gasteiger charge is -2.02. The van der Waals surface area contributed by atoms with Gasteiger partial charge in [-0.1, -0.05) is 6.92 Å². The van der Waals surface area contributed by atoms with Crippen LogP contribution in [0.2, 0.25) is 0 Å². The molecule has 0 aliphatic carbocycles. The Labute approximate surface area is 93.6 Å². The van der Waals surface area contributed by atoms with E-state index in [0.29, 0.717) is 5.56 Å². The molecule has 0 aliphatic heterocycles. The van der Waals surface area contributed by atoms with Crippen molar-refractivity contribution in [2.75, 3.05) is 7.11 Å². The molecule has 1 aromatic carbocycles. The summed E-state index contributed by atoms with van der Waals surface area (Å²) in [5, 5.41) is 8.23. The molecule has 2 aromatic rings. The summed E-state index contributed by atoms with van der Waals surface area (Å²) in [4.78, 5) is 11.5. The molecule has 0 atom stereocenters. The van der Waals surface area contributed by atoms with Crippen molar-refractivity contribution >= 4 is 16.9 Å². The molecule has 2 rings (SSSR count). The number of fused-ring (bicyclic) bond motifs is 1. The number of nitrogens with one attached hydrogen (secondary N) is 1. The number of nitrogens with zero attached hydrogens (tertiary/aromatic N) is 1. The summed E-state index contributed by atoms with van der Waals surface area (Å²) < 4.78 is 4.72. The van der Waals surface area contributed by atoms with Crippen LogP contribution in [0.4, 0.5) is 0 Å². The average molecular weight is 218 g/mol. The molecule has 16 heavy (non-hydrogen) atoms. The van der Waals surface area contributed by atoms with Crippen LogP contribution in [-0.2, 0) is 11.2 Å². The zero-order valence-electron chi connectivity index (χ0n) is 9.63. The van der Waals surface area contributed by atoms with Gasteiger partial charge in [0.2, 0.25) is 0 Å². The van der Waals surface area contributed by atoms with Gasteiger partial charge in [0.1, 0.15) is 0 Å². The third-order valence-electron chi connectivity index (χ3n) is 2.70. The minimum atomic E-state index is -0.312. The first-order chi connectivity index (χ1) is 7.67. The van der Waals surface area contributed by atoms with Gasteiger partial charge in [0.25, 0.3) is 0 Å². The number of hydrogen-bond donors (Lipinski definition) is 1. The molecule has 0 radical (unpaired) electrons. The maximum absolute atomic E-state index is 11.5. The average Bonchev–Trinajstić information content (AvgIpc) is 2.71. The molecule has 0 saturated heterocycles. The van der Waals surface area contributed by atoms with E-state index in [1.165, 1.54) is 7.11 Å². The van der Waals surface area contributed by atoms with E-state index in [0.717, 1.165) is 28.6 Å². The van der Waals surface area contributed by atoms with Crippen LogP contribution in [0.1, 0.15) is 28.5 Å². The van der Waals surface area contributed by atoms with Crippen LogP contribution in [0.3, 0.4) is 0 Å². The normalized spacial score (nSPS) is 10.7. The van der Waals surface area contributed by atoms with Crippen molar-refractivity contribution in [1.29, 1.82) is 0 Å². The fourth-order valence-electron chi connectivity index (χ4n) is 1.85. The Morgan fingerprint density at radius 3 is 2.88 bits per heavy atom. The van der Waals surface area contributed by atoms with Gasteiger partial charge < -0.3 is 4.74 Å². The number of H-pyrrole nitrogens is 1. The molecule has 84 valence electrons. The van der Waals surface area contributed by atoms with Crippen LogP contribution in [0.25, 0.3) is 10.9 Å². The van der Waals surface area contributed by atoms with Gasteiger partial charge in [-0.25, -0.2) is 4.79 Å². The summed E-state index contributed by atoms with van der Waals surface area (Å²) in [6.07, 6.45) is 0.862. The van der Waals surface area contributed by atoms with Crippen molar-refractivity contribution in [1.82, 2.24) is 10.2 Å². The number of aromatic nitrogens is 2. The van der Waals surface area contributed by atoms with E-state index in [1.807, 2.05) is 19.9 Å². The van der Waals surface area contributed by atoms with Gasteiger partial charge in [0.15, 0.2) is 0 Å². The van der Waals surface area contributed by atoms with Crippen molar-refractivity contribution in [3.8, 4) is 0 Å².